The number of allylic oxidation sites excluding steroid dienone is 1. The van der Waals surface area contributed by atoms with Gasteiger partial charge in [-0.05, 0) is 36.1 Å². The first-order chi connectivity index (χ1) is 15.8. The molecule has 8 nitrogen and oxygen atoms in total. The van der Waals surface area contributed by atoms with E-state index in [1.165, 1.54) is 10.8 Å². The molecule has 3 atom stereocenters. The Morgan fingerprint density at radius 3 is 2.67 bits per heavy atom. The maximum Gasteiger partial charge on any atom is 0.310 e. The molecule has 2 aliphatic heterocycles. The first-order valence-corrected chi connectivity index (χ1v) is 13.4. The largest absolute Gasteiger partial charge is 0.457 e. The average molecular weight is 492 g/mol. The van der Waals surface area contributed by atoms with Gasteiger partial charge < -0.3 is 20.7 Å². The molecular formula is C23H29N3O5S2. The number of carbonyl (C=O) groups is 4. The van der Waals surface area contributed by atoms with Crippen molar-refractivity contribution in [3.63, 3.8) is 0 Å². The number of anilines is 1. The van der Waals surface area contributed by atoms with Crippen LogP contribution in [0.15, 0.2) is 36.4 Å². The Hall–Kier alpha value is -2.46. The molecule has 3 N–H and O–H groups in total. The van der Waals surface area contributed by atoms with Crippen LogP contribution in [0.3, 0.4) is 0 Å². The Bertz CT molecular complexity index is 921. The van der Waals surface area contributed by atoms with Crippen LogP contribution in [0, 0.1) is 5.92 Å². The van der Waals surface area contributed by atoms with Gasteiger partial charge in [0.1, 0.15) is 18.2 Å². The van der Waals surface area contributed by atoms with Gasteiger partial charge in [0.05, 0.1) is 12.8 Å². The van der Waals surface area contributed by atoms with Crippen molar-refractivity contribution in [3.8, 4) is 0 Å². The quantitative estimate of drug-likeness (QED) is 0.314. The second-order valence-electron chi connectivity index (χ2n) is 8.27. The third-order valence-corrected chi connectivity index (χ3v) is 7.59. The Morgan fingerprint density at radius 2 is 1.88 bits per heavy atom. The van der Waals surface area contributed by atoms with Crippen molar-refractivity contribution in [1.29, 1.82) is 0 Å². The molecule has 1 aromatic rings. The number of benzene rings is 1. The third-order valence-electron chi connectivity index (χ3n) is 5.15. The molecule has 2 aliphatic rings. The maximum absolute atomic E-state index is 13.1. The van der Waals surface area contributed by atoms with Crippen LogP contribution in [-0.4, -0.2) is 53.4 Å². The predicted octanol–water partition coefficient (Wildman–Crippen LogP) is 2.45. The van der Waals surface area contributed by atoms with E-state index in [9.17, 15) is 19.2 Å². The van der Waals surface area contributed by atoms with Crippen molar-refractivity contribution < 1.29 is 23.9 Å². The molecule has 0 aromatic heterocycles. The number of carbonyl (C=O) groups excluding carboxylic acids is 4. The normalized spacial score (nSPS) is 26.5. The number of esters is 1. The lowest BCUT2D eigenvalue weighted by Crippen LogP contribution is -2.55. The first-order valence-electron chi connectivity index (χ1n) is 10.9. The minimum absolute atomic E-state index is 0.0101. The Morgan fingerprint density at radius 1 is 1.06 bits per heavy atom. The molecular weight excluding hydrogens is 462 g/mol. The molecule has 1 aromatic carbocycles. The molecule has 3 amide bonds. The van der Waals surface area contributed by atoms with Gasteiger partial charge in [0.25, 0.3) is 0 Å². The monoisotopic (exact) mass is 491 g/mol. The number of rotatable bonds is 1. The average Bonchev–Trinajstić information content (AvgIpc) is 2.74. The maximum atomic E-state index is 13.1. The van der Waals surface area contributed by atoms with Crippen molar-refractivity contribution in [3.05, 3.63) is 42.0 Å². The zero-order valence-electron chi connectivity index (χ0n) is 18.7. The summed E-state index contributed by atoms with van der Waals surface area (Å²) in [6.07, 6.45) is 3.52. The van der Waals surface area contributed by atoms with Gasteiger partial charge in [0.15, 0.2) is 0 Å². The van der Waals surface area contributed by atoms with Gasteiger partial charge >= 0.3 is 5.97 Å². The molecule has 33 heavy (non-hydrogen) atoms. The molecule has 0 fully saturated rings. The summed E-state index contributed by atoms with van der Waals surface area (Å²) in [7, 11) is 3.09. The fourth-order valence-electron chi connectivity index (χ4n) is 3.45. The van der Waals surface area contributed by atoms with Crippen molar-refractivity contribution in [1.82, 2.24) is 10.6 Å². The standard InChI is InChI=1S/C23H29N3O5S2/c1-14(2)21-23(30)25-18-13-33-32-9-4-3-8-17(12-19(27)26-21)31-20(28)11-15-6-5-7-16(10-15)24-22(18)29/h3,5-8,10,14,17-18,21H,4,9,11-13H2,1-2H3,(H,24,29)(H,25,30)(H,26,27)/b8-3+/t17-,18-,21-/m1/s1. The summed E-state index contributed by atoms with van der Waals surface area (Å²) in [5.41, 5.74) is 1.20. The van der Waals surface area contributed by atoms with E-state index >= 15 is 0 Å². The van der Waals surface area contributed by atoms with Gasteiger partial charge in [-0.2, -0.15) is 0 Å². The van der Waals surface area contributed by atoms with E-state index in [1.54, 1.807) is 41.1 Å². The minimum atomic E-state index is -0.827. The van der Waals surface area contributed by atoms with Crippen LogP contribution in [-0.2, 0) is 30.3 Å². The van der Waals surface area contributed by atoms with E-state index in [4.69, 9.17) is 4.74 Å². The molecule has 0 aliphatic carbocycles. The van der Waals surface area contributed by atoms with E-state index in [1.807, 2.05) is 19.9 Å². The smallest absolute Gasteiger partial charge is 0.310 e. The van der Waals surface area contributed by atoms with Gasteiger partial charge in [-0.1, -0.05) is 53.6 Å². The number of hydrogen-bond donors (Lipinski definition) is 3. The van der Waals surface area contributed by atoms with Gasteiger partial charge in [0.2, 0.25) is 17.7 Å². The van der Waals surface area contributed by atoms with Crippen LogP contribution in [0.25, 0.3) is 0 Å². The number of fused-ring (bicyclic) bond motifs is 9. The van der Waals surface area contributed by atoms with Crippen LogP contribution in [0.2, 0.25) is 0 Å². The topological polar surface area (TPSA) is 114 Å². The van der Waals surface area contributed by atoms with E-state index in [0.717, 1.165) is 5.75 Å². The zero-order valence-corrected chi connectivity index (χ0v) is 20.3. The molecule has 0 saturated heterocycles. The highest BCUT2D eigenvalue weighted by Gasteiger charge is 2.30. The molecule has 3 rings (SSSR count). The van der Waals surface area contributed by atoms with Gasteiger partial charge in [-0.15, -0.1) is 0 Å². The summed E-state index contributed by atoms with van der Waals surface area (Å²) in [5.74, 6) is -0.730. The van der Waals surface area contributed by atoms with E-state index in [0.29, 0.717) is 23.4 Å². The Labute approximate surface area is 201 Å². The Kier molecular flexibility index (Phi) is 9.25. The summed E-state index contributed by atoms with van der Waals surface area (Å²) in [6.45, 7) is 3.64. The molecule has 0 spiro atoms. The van der Waals surface area contributed by atoms with E-state index in [2.05, 4.69) is 16.0 Å². The summed E-state index contributed by atoms with van der Waals surface area (Å²) < 4.78 is 5.59. The molecule has 178 valence electrons. The highest BCUT2D eigenvalue weighted by molar-refractivity contribution is 8.76. The lowest BCUT2D eigenvalue weighted by Gasteiger charge is -2.26. The van der Waals surface area contributed by atoms with Crippen LogP contribution in [0.5, 0.6) is 0 Å². The van der Waals surface area contributed by atoms with Gasteiger partial charge in [-0.3, -0.25) is 19.2 Å². The summed E-state index contributed by atoms with van der Waals surface area (Å²) in [6, 6.07) is 5.33. The lowest BCUT2D eigenvalue weighted by molar-refractivity contribution is -0.147. The van der Waals surface area contributed by atoms with Crippen LogP contribution in [0.1, 0.15) is 32.3 Å². The van der Waals surface area contributed by atoms with Crippen LogP contribution >= 0.6 is 21.6 Å². The van der Waals surface area contributed by atoms with Crippen LogP contribution < -0.4 is 16.0 Å². The fourth-order valence-corrected chi connectivity index (χ4v) is 5.60. The second kappa shape index (κ2) is 12.1. The molecule has 10 heteroatoms. The number of amides is 3. The fraction of sp³-hybridized carbons (Fsp3) is 0.478. The van der Waals surface area contributed by atoms with Crippen molar-refractivity contribution in [2.45, 2.75) is 51.3 Å². The Balaban J connectivity index is 2.00. The second-order valence-corrected chi connectivity index (χ2v) is 10.9. The number of nitrogens with one attached hydrogen (secondary N) is 3. The summed E-state index contributed by atoms with van der Waals surface area (Å²) in [4.78, 5) is 51.4. The van der Waals surface area contributed by atoms with E-state index < -0.39 is 36.0 Å². The number of ether oxygens (including phenoxy) is 1. The zero-order chi connectivity index (χ0) is 23.8. The highest BCUT2D eigenvalue weighted by Crippen LogP contribution is 2.24. The molecule has 0 radical (unpaired) electrons. The predicted molar refractivity (Wildman–Crippen MR) is 131 cm³/mol. The molecule has 0 saturated carbocycles. The van der Waals surface area contributed by atoms with Gasteiger partial charge in [-0.25, -0.2) is 0 Å². The minimum Gasteiger partial charge on any atom is -0.457 e. The lowest BCUT2D eigenvalue weighted by atomic mass is 10.0. The van der Waals surface area contributed by atoms with Crippen molar-refractivity contribution in [2.75, 3.05) is 16.8 Å². The molecule has 2 heterocycles. The summed E-state index contributed by atoms with van der Waals surface area (Å²) in [5, 5.41) is 8.40. The van der Waals surface area contributed by atoms with Crippen molar-refractivity contribution in [2.24, 2.45) is 5.92 Å². The van der Waals surface area contributed by atoms with Crippen LogP contribution in [0.4, 0.5) is 5.69 Å². The number of hydrogen-bond acceptors (Lipinski definition) is 7. The van der Waals surface area contributed by atoms with Gasteiger partial charge in [0, 0.05) is 17.2 Å². The summed E-state index contributed by atoms with van der Waals surface area (Å²) >= 11 is 0. The first kappa shape index (κ1) is 25.2. The third kappa shape index (κ3) is 7.82. The highest BCUT2D eigenvalue weighted by atomic mass is 33.1. The molecule has 4 bridgehead atoms. The van der Waals surface area contributed by atoms with Crippen molar-refractivity contribution >= 4 is 51.0 Å². The molecule has 0 unspecified atom stereocenters. The van der Waals surface area contributed by atoms with E-state index in [-0.39, 0.29) is 24.7 Å². The SMILES string of the molecule is CC(C)[C@H]1NC(=O)C[C@H]2/C=C/CCSSC[C@@H](NC1=O)C(=O)Nc1cccc(c1)CC(=O)O2.